The maximum absolute atomic E-state index is 9.58. The van der Waals surface area contributed by atoms with E-state index in [0.717, 1.165) is 17.7 Å². The van der Waals surface area contributed by atoms with Crippen LogP contribution in [-0.2, 0) is 0 Å². The number of aromatic hydroxyl groups is 1. The highest BCUT2D eigenvalue weighted by molar-refractivity contribution is 5.34. The third-order valence-corrected chi connectivity index (χ3v) is 2.11. The van der Waals surface area contributed by atoms with Crippen molar-refractivity contribution in [3.8, 4) is 5.75 Å². The van der Waals surface area contributed by atoms with Gasteiger partial charge in [0.2, 0.25) is 0 Å². The smallest absolute Gasteiger partial charge is 0.120 e. The van der Waals surface area contributed by atoms with Crippen molar-refractivity contribution >= 4 is 0 Å². The molecule has 1 aromatic carbocycles. The molecule has 0 fully saturated rings. The molecule has 0 saturated heterocycles. The predicted molar refractivity (Wildman–Crippen MR) is 59.3 cm³/mol. The maximum Gasteiger partial charge on any atom is 0.120 e. The Balaban J connectivity index is 2.65. The lowest BCUT2D eigenvalue weighted by Crippen LogP contribution is -2.20. The summed E-state index contributed by atoms with van der Waals surface area (Å²) < 4.78 is 0. The van der Waals surface area contributed by atoms with Crippen molar-refractivity contribution in [1.29, 1.82) is 0 Å². The van der Waals surface area contributed by atoms with Crippen LogP contribution in [0.25, 0.3) is 0 Å². The van der Waals surface area contributed by atoms with Crippen LogP contribution in [0.2, 0.25) is 0 Å². The van der Waals surface area contributed by atoms with Crippen LogP contribution in [0.5, 0.6) is 5.75 Å². The highest BCUT2D eigenvalue weighted by Gasteiger charge is 2.07. The fourth-order valence-corrected chi connectivity index (χ4v) is 1.29. The Hall–Kier alpha value is -1.28. The van der Waals surface area contributed by atoms with E-state index >= 15 is 0 Å². The van der Waals surface area contributed by atoms with E-state index < -0.39 is 0 Å². The van der Waals surface area contributed by atoms with Gasteiger partial charge in [-0.1, -0.05) is 30.4 Å². The summed E-state index contributed by atoms with van der Waals surface area (Å²) in [6, 6.07) is 7.52. The highest BCUT2D eigenvalue weighted by Crippen LogP contribution is 2.22. The van der Waals surface area contributed by atoms with Gasteiger partial charge in [0.05, 0.1) is 0 Å². The van der Waals surface area contributed by atoms with Crippen LogP contribution >= 0.6 is 0 Å². The molecule has 0 bridgehead atoms. The van der Waals surface area contributed by atoms with Gasteiger partial charge in [-0.2, -0.15) is 0 Å². The Morgan fingerprint density at radius 2 is 2.14 bits per heavy atom. The zero-order valence-electron chi connectivity index (χ0n) is 8.75. The van der Waals surface area contributed by atoms with Gasteiger partial charge in [0.15, 0.2) is 0 Å². The molecule has 1 atom stereocenters. The topological polar surface area (TPSA) is 32.3 Å². The average molecular weight is 191 g/mol. The van der Waals surface area contributed by atoms with Gasteiger partial charge in [-0.25, -0.2) is 0 Å². The molecule has 2 N–H and O–H groups in total. The van der Waals surface area contributed by atoms with Gasteiger partial charge < -0.3 is 10.4 Å². The number of rotatable bonds is 4. The van der Waals surface area contributed by atoms with E-state index in [2.05, 4.69) is 11.9 Å². The number of para-hydroxylation sites is 1. The Morgan fingerprint density at radius 3 is 2.71 bits per heavy atom. The number of hydrogen-bond acceptors (Lipinski definition) is 2. The summed E-state index contributed by atoms with van der Waals surface area (Å²) in [6.07, 6.45) is 0. The van der Waals surface area contributed by atoms with Crippen LogP contribution in [0.3, 0.4) is 0 Å². The number of phenols is 1. The molecular formula is C12H17NO. The lowest BCUT2D eigenvalue weighted by atomic mass is 10.1. The standard InChI is InChI=1S/C12H17NO/c1-9(2)8-13-10(3)11-6-4-5-7-12(11)14/h4-7,10,13-14H,1,8H2,2-3H3. The molecule has 1 rings (SSSR count). The number of phenolic OH excluding ortho intramolecular Hbond substituents is 1. The molecule has 1 aromatic rings. The van der Waals surface area contributed by atoms with Crippen LogP contribution in [0.15, 0.2) is 36.4 Å². The summed E-state index contributed by atoms with van der Waals surface area (Å²) in [7, 11) is 0. The molecule has 0 spiro atoms. The SMILES string of the molecule is C=C(C)CNC(C)c1ccccc1O. The fourth-order valence-electron chi connectivity index (χ4n) is 1.29. The molecule has 2 heteroatoms. The minimum absolute atomic E-state index is 0.146. The molecule has 0 aliphatic carbocycles. The van der Waals surface area contributed by atoms with Crippen molar-refractivity contribution in [3.63, 3.8) is 0 Å². The molecule has 0 saturated carbocycles. The van der Waals surface area contributed by atoms with Crippen LogP contribution in [-0.4, -0.2) is 11.7 Å². The third-order valence-electron chi connectivity index (χ3n) is 2.11. The average Bonchev–Trinajstić information content (AvgIpc) is 2.15. The summed E-state index contributed by atoms with van der Waals surface area (Å²) in [6.45, 7) is 8.59. The van der Waals surface area contributed by atoms with Crippen molar-refractivity contribution in [2.75, 3.05) is 6.54 Å². The maximum atomic E-state index is 9.58. The van der Waals surface area contributed by atoms with Gasteiger partial charge in [0.1, 0.15) is 5.75 Å². The third kappa shape index (κ3) is 2.89. The van der Waals surface area contributed by atoms with Gasteiger partial charge >= 0.3 is 0 Å². The monoisotopic (exact) mass is 191 g/mol. The van der Waals surface area contributed by atoms with Crippen molar-refractivity contribution in [3.05, 3.63) is 42.0 Å². The first-order valence-corrected chi connectivity index (χ1v) is 4.77. The molecule has 2 nitrogen and oxygen atoms in total. The van der Waals surface area contributed by atoms with Gasteiger partial charge in [-0.05, 0) is 19.9 Å². The Kier molecular flexibility index (Phi) is 3.72. The summed E-state index contributed by atoms with van der Waals surface area (Å²) >= 11 is 0. The van der Waals surface area contributed by atoms with Gasteiger partial charge in [-0.3, -0.25) is 0 Å². The first kappa shape index (κ1) is 10.8. The van der Waals surface area contributed by atoms with E-state index in [1.807, 2.05) is 32.0 Å². The Labute approximate surface area is 85.3 Å². The first-order valence-electron chi connectivity index (χ1n) is 4.77. The number of nitrogens with one attached hydrogen (secondary N) is 1. The van der Waals surface area contributed by atoms with Crippen molar-refractivity contribution in [2.24, 2.45) is 0 Å². The Bertz CT molecular complexity index is 320. The lowest BCUT2D eigenvalue weighted by molar-refractivity contribution is 0.455. The highest BCUT2D eigenvalue weighted by atomic mass is 16.3. The fraction of sp³-hybridized carbons (Fsp3) is 0.333. The van der Waals surface area contributed by atoms with Crippen LogP contribution in [0.4, 0.5) is 0 Å². The van der Waals surface area contributed by atoms with Crippen LogP contribution < -0.4 is 5.32 Å². The van der Waals surface area contributed by atoms with E-state index in [1.54, 1.807) is 6.07 Å². The van der Waals surface area contributed by atoms with Crippen LogP contribution in [0, 0.1) is 0 Å². The second kappa shape index (κ2) is 4.82. The van der Waals surface area contributed by atoms with Crippen molar-refractivity contribution < 1.29 is 5.11 Å². The summed E-state index contributed by atoms with van der Waals surface area (Å²) in [5.74, 6) is 0.342. The molecular weight excluding hydrogens is 174 g/mol. The van der Waals surface area contributed by atoms with Crippen LogP contribution in [0.1, 0.15) is 25.5 Å². The normalized spacial score (nSPS) is 12.4. The Morgan fingerprint density at radius 1 is 1.50 bits per heavy atom. The first-order chi connectivity index (χ1) is 6.61. The molecule has 0 aliphatic heterocycles. The zero-order valence-corrected chi connectivity index (χ0v) is 8.75. The van der Waals surface area contributed by atoms with Gasteiger partial charge in [-0.15, -0.1) is 0 Å². The summed E-state index contributed by atoms with van der Waals surface area (Å²) in [5.41, 5.74) is 2.01. The molecule has 14 heavy (non-hydrogen) atoms. The second-order valence-electron chi connectivity index (χ2n) is 3.62. The van der Waals surface area contributed by atoms with Gasteiger partial charge in [0.25, 0.3) is 0 Å². The molecule has 0 radical (unpaired) electrons. The van der Waals surface area contributed by atoms with E-state index in [9.17, 15) is 5.11 Å². The molecule has 76 valence electrons. The minimum Gasteiger partial charge on any atom is -0.508 e. The van der Waals surface area contributed by atoms with Crippen molar-refractivity contribution in [1.82, 2.24) is 5.32 Å². The molecule has 0 aliphatic rings. The number of benzene rings is 1. The van der Waals surface area contributed by atoms with E-state index in [1.165, 1.54) is 0 Å². The summed E-state index contributed by atoms with van der Waals surface area (Å²) in [4.78, 5) is 0. The molecule has 0 amide bonds. The summed E-state index contributed by atoms with van der Waals surface area (Å²) in [5, 5.41) is 12.9. The van der Waals surface area contributed by atoms with E-state index in [4.69, 9.17) is 0 Å². The van der Waals surface area contributed by atoms with Crippen molar-refractivity contribution in [2.45, 2.75) is 19.9 Å². The van der Waals surface area contributed by atoms with E-state index in [-0.39, 0.29) is 6.04 Å². The quantitative estimate of drug-likeness (QED) is 0.717. The molecule has 0 aromatic heterocycles. The van der Waals surface area contributed by atoms with Gasteiger partial charge in [0, 0.05) is 18.2 Å². The lowest BCUT2D eigenvalue weighted by Gasteiger charge is -2.15. The molecule has 0 heterocycles. The van der Waals surface area contributed by atoms with E-state index in [0.29, 0.717) is 5.75 Å². The predicted octanol–water partition coefficient (Wildman–Crippen LogP) is 2.62. The minimum atomic E-state index is 0.146. The zero-order chi connectivity index (χ0) is 10.6. The number of hydrogen-bond donors (Lipinski definition) is 2. The second-order valence-corrected chi connectivity index (χ2v) is 3.62. The largest absolute Gasteiger partial charge is 0.508 e. The molecule has 1 unspecified atom stereocenters.